The molecule has 0 unspecified atom stereocenters. The van der Waals surface area contributed by atoms with Crippen molar-refractivity contribution in [2.24, 2.45) is 0 Å². The molecule has 0 saturated carbocycles. The zero-order valence-corrected chi connectivity index (χ0v) is 11.8. The summed E-state index contributed by atoms with van der Waals surface area (Å²) < 4.78 is 5.16. The van der Waals surface area contributed by atoms with Crippen LogP contribution in [0.4, 0.5) is 0 Å². The molecule has 0 bridgehead atoms. The lowest BCUT2D eigenvalue weighted by Gasteiger charge is -2.07. The van der Waals surface area contributed by atoms with Crippen molar-refractivity contribution in [3.63, 3.8) is 0 Å². The van der Waals surface area contributed by atoms with E-state index in [9.17, 15) is 4.79 Å². The fourth-order valence-corrected chi connectivity index (χ4v) is 2.12. The first kappa shape index (κ1) is 14.4. The van der Waals surface area contributed by atoms with Crippen LogP contribution in [0.3, 0.4) is 0 Å². The SMILES string of the molecule is N#Cc1ccccc1COC(=O)c1ccc(Cl)cc1Cl. The van der Waals surface area contributed by atoms with Gasteiger partial charge < -0.3 is 4.74 Å². The Balaban J connectivity index is 2.11. The van der Waals surface area contributed by atoms with E-state index in [2.05, 4.69) is 0 Å². The molecule has 5 heteroatoms. The molecular weight excluding hydrogens is 297 g/mol. The van der Waals surface area contributed by atoms with E-state index < -0.39 is 5.97 Å². The van der Waals surface area contributed by atoms with E-state index in [1.54, 1.807) is 30.3 Å². The van der Waals surface area contributed by atoms with Crippen molar-refractivity contribution in [1.29, 1.82) is 5.26 Å². The van der Waals surface area contributed by atoms with Crippen molar-refractivity contribution in [3.05, 3.63) is 69.2 Å². The Morgan fingerprint density at radius 2 is 1.95 bits per heavy atom. The molecule has 2 rings (SSSR count). The molecule has 0 heterocycles. The van der Waals surface area contributed by atoms with E-state index in [0.717, 1.165) is 0 Å². The highest BCUT2D eigenvalue weighted by molar-refractivity contribution is 6.36. The molecule has 2 aromatic rings. The molecule has 0 aliphatic heterocycles. The maximum absolute atomic E-state index is 11.9. The van der Waals surface area contributed by atoms with Crippen LogP contribution in [0.2, 0.25) is 10.0 Å². The molecule has 0 aromatic heterocycles. The maximum Gasteiger partial charge on any atom is 0.339 e. The van der Waals surface area contributed by atoms with Gasteiger partial charge in [0.25, 0.3) is 0 Å². The second-order valence-electron chi connectivity index (χ2n) is 3.97. The lowest BCUT2D eigenvalue weighted by molar-refractivity contribution is 0.0472. The van der Waals surface area contributed by atoms with Crippen LogP contribution in [0, 0.1) is 11.3 Å². The molecule has 0 aliphatic rings. The van der Waals surface area contributed by atoms with E-state index in [1.807, 2.05) is 6.07 Å². The fourth-order valence-electron chi connectivity index (χ4n) is 1.63. The number of halogens is 2. The van der Waals surface area contributed by atoms with Crippen LogP contribution in [-0.4, -0.2) is 5.97 Å². The molecule has 0 saturated heterocycles. The minimum atomic E-state index is -0.556. The van der Waals surface area contributed by atoms with Gasteiger partial charge in [0.1, 0.15) is 6.61 Å². The Hall–Kier alpha value is -2.02. The second kappa shape index (κ2) is 6.42. The Morgan fingerprint density at radius 3 is 2.65 bits per heavy atom. The third kappa shape index (κ3) is 3.30. The average Bonchev–Trinajstić information content (AvgIpc) is 2.45. The predicted octanol–water partition coefficient (Wildman–Crippen LogP) is 4.22. The van der Waals surface area contributed by atoms with Gasteiger partial charge in [-0.1, -0.05) is 41.4 Å². The highest BCUT2D eigenvalue weighted by Gasteiger charge is 2.13. The molecule has 0 fully saturated rings. The van der Waals surface area contributed by atoms with Crippen molar-refractivity contribution in [1.82, 2.24) is 0 Å². The summed E-state index contributed by atoms with van der Waals surface area (Å²) in [5.74, 6) is -0.556. The number of nitriles is 1. The van der Waals surface area contributed by atoms with Crippen molar-refractivity contribution in [2.45, 2.75) is 6.61 Å². The number of hydrogen-bond donors (Lipinski definition) is 0. The first-order valence-corrected chi connectivity index (χ1v) is 6.47. The number of ether oxygens (including phenoxy) is 1. The Morgan fingerprint density at radius 1 is 1.20 bits per heavy atom. The maximum atomic E-state index is 11.9. The molecule has 0 spiro atoms. The smallest absolute Gasteiger partial charge is 0.339 e. The summed E-state index contributed by atoms with van der Waals surface area (Å²) in [6.07, 6.45) is 0. The molecule has 0 aliphatic carbocycles. The summed E-state index contributed by atoms with van der Waals surface area (Å²) in [5.41, 5.74) is 1.36. The van der Waals surface area contributed by atoms with Gasteiger partial charge >= 0.3 is 5.97 Å². The Labute approximate surface area is 126 Å². The highest BCUT2D eigenvalue weighted by Crippen LogP contribution is 2.22. The van der Waals surface area contributed by atoms with E-state index >= 15 is 0 Å². The van der Waals surface area contributed by atoms with Gasteiger partial charge in [-0.05, 0) is 24.3 Å². The lowest BCUT2D eigenvalue weighted by atomic mass is 10.1. The fraction of sp³-hybridized carbons (Fsp3) is 0.0667. The van der Waals surface area contributed by atoms with E-state index in [-0.39, 0.29) is 17.2 Å². The van der Waals surface area contributed by atoms with Crippen LogP contribution >= 0.6 is 23.2 Å². The van der Waals surface area contributed by atoms with Gasteiger partial charge in [-0.2, -0.15) is 5.26 Å². The molecular formula is C15H9Cl2NO2. The highest BCUT2D eigenvalue weighted by atomic mass is 35.5. The zero-order chi connectivity index (χ0) is 14.5. The summed E-state index contributed by atoms with van der Waals surface area (Å²) in [4.78, 5) is 11.9. The molecule has 3 nitrogen and oxygen atoms in total. The van der Waals surface area contributed by atoms with Crippen LogP contribution in [0.15, 0.2) is 42.5 Å². The number of esters is 1. The van der Waals surface area contributed by atoms with Gasteiger partial charge in [0.15, 0.2) is 0 Å². The number of nitrogens with zero attached hydrogens (tertiary/aromatic N) is 1. The van der Waals surface area contributed by atoms with Gasteiger partial charge in [-0.15, -0.1) is 0 Å². The van der Waals surface area contributed by atoms with Gasteiger partial charge in [-0.3, -0.25) is 0 Å². The summed E-state index contributed by atoms with van der Waals surface area (Å²) in [7, 11) is 0. The van der Waals surface area contributed by atoms with Gasteiger partial charge in [0.05, 0.1) is 22.2 Å². The van der Waals surface area contributed by atoms with Crippen LogP contribution in [-0.2, 0) is 11.3 Å². The van der Waals surface area contributed by atoms with Crippen LogP contribution in [0.5, 0.6) is 0 Å². The van der Waals surface area contributed by atoms with Crippen LogP contribution < -0.4 is 0 Å². The van der Waals surface area contributed by atoms with Crippen molar-refractivity contribution >= 4 is 29.2 Å². The largest absolute Gasteiger partial charge is 0.457 e. The molecule has 20 heavy (non-hydrogen) atoms. The molecule has 0 atom stereocenters. The minimum Gasteiger partial charge on any atom is -0.457 e. The number of carbonyl (C=O) groups excluding carboxylic acids is 1. The van der Waals surface area contributed by atoms with E-state index in [0.29, 0.717) is 16.1 Å². The van der Waals surface area contributed by atoms with Crippen LogP contribution in [0.25, 0.3) is 0 Å². The standard InChI is InChI=1S/C15H9Cl2NO2/c16-12-5-6-13(14(17)7-12)15(19)20-9-11-4-2-1-3-10(11)8-18/h1-7H,9H2. The monoisotopic (exact) mass is 305 g/mol. The summed E-state index contributed by atoms with van der Waals surface area (Å²) in [6.45, 7) is 0.0154. The number of hydrogen-bond acceptors (Lipinski definition) is 3. The predicted molar refractivity (Wildman–Crippen MR) is 76.7 cm³/mol. The first-order chi connectivity index (χ1) is 9.61. The number of carbonyl (C=O) groups is 1. The minimum absolute atomic E-state index is 0.0154. The van der Waals surface area contributed by atoms with Gasteiger partial charge in [0, 0.05) is 10.6 Å². The van der Waals surface area contributed by atoms with Gasteiger partial charge in [0.2, 0.25) is 0 Å². The number of benzene rings is 2. The summed E-state index contributed by atoms with van der Waals surface area (Å²) >= 11 is 11.7. The van der Waals surface area contributed by atoms with Crippen molar-refractivity contribution in [2.75, 3.05) is 0 Å². The number of rotatable bonds is 3. The second-order valence-corrected chi connectivity index (χ2v) is 4.81. The summed E-state index contributed by atoms with van der Waals surface area (Å²) in [5, 5.41) is 9.63. The molecule has 0 amide bonds. The summed E-state index contributed by atoms with van der Waals surface area (Å²) in [6, 6.07) is 13.5. The molecule has 0 N–H and O–H groups in total. The third-order valence-corrected chi connectivity index (χ3v) is 3.20. The Kier molecular flexibility index (Phi) is 4.62. The third-order valence-electron chi connectivity index (χ3n) is 2.65. The Bertz CT molecular complexity index is 693. The van der Waals surface area contributed by atoms with Crippen molar-refractivity contribution < 1.29 is 9.53 Å². The lowest BCUT2D eigenvalue weighted by Crippen LogP contribution is -2.06. The van der Waals surface area contributed by atoms with Gasteiger partial charge in [-0.25, -0.2) is 4.79 Å². The van der Waals surface area contributed by atoms with Crippen LogP contribution in [0.1, 0.15) is 21.5 Å². The first-order valence-electron chi connectivity index (χ1n) is 5.72. The molecule has 2 aromatic carbocycles. The topological polar surface area (TPSA) is 50.1 Å². The van der Waals surface area contributed by atoms with Crippen molar-refractivity contribution in [3.8, 4) is 6.07 Å². The van der Waals surface area contributed by atoms with E-state index in [4.69, 9.17) is 33.2 Å². The normalized spacial score (nSPS) is 9.85. The molecule has 0 radical (unpaired) electrons. The molecule has 100 valence electrons. The quantitative estimate of drug-likeness (QED) is 0.798. The zero-order valence-electron chi connectivity index (χ0n) is 10.3. The van der Waals surface area contributed by atoms with E-state index in [1.165, 1.54) is 12.1 Å². The average molecular weight is 306 g/mol.